The Balaban J connectivity index is 1.36. The van der Waals surface area contributed by atoms with Crippen LogP contribution >= 0.6 is 0 Å². The average molecular weight is 480 g/mol. The highest BCUT2D eigenvalue weighted by atomic mass is 16.5. The first-order valence-corrected chi connectivity index (χ1v) is 12.4. The van der Waals surface area contributed by atoms with Gasteiger partial charge < -0.3 is 15.0 Å². The number of nitrogens with zero attached hydrogens (tertiary/aromatic N) is 3. The maximum absolute atomic E-state index is 13.7. The van der Waals surface area contributed by atoms with Crippen molar-refractivity contribution in [1.29, 1.82) is 0 Å². The van der Waals surface area contributed by atoms with E-state index in [1.807, 2.05) is 50.5 Å². The molecule has 3 heterocycles. The summed E-state index contributed by atoms with van der Waals surface area (Å²) in [6.07, 6.45) is 4.29. The largest absolute Gasteiger partial charge is 0.497 e. The highest BCUT2D eigenvalue weighted by molar-refractivity contribution is 6.06. The van der Waals surface area contributed by atoms with Crippen LogP contribution in [0.3, 0.4) is 0 Å². The van der Waals surface area contributed by atoms with Crippen LogP contribution in [0.15, 0.2) is 60.8 Å². The highest BCUT2D eigenvalue weighted by Gasteiger charge is 2.29. The summed E-state index contributed by atoms with van der Waals surface area (Å²) in [6, 6.07) is 18.3. The molecule has 2 N–H and O–H groups in total. The predicted octanol–water partition coefficient (Wildman–Crippen LogP) is 5.21. The van der Waals surface area contributed by atoms with E-state index in [4.69, 9.17) is 9.72 Å². The van der Waals surface area contributed by atoms with Crippen molar-refractivity contribution in [1.82, 2.24) is 25.1 Å². The second-order valence-corrected chi connectivity index (χ2v) is 9.60. The first kappa shape index (κ1) is 22.3. The minimum Gasteiger partial charge on any atom is -0.497 e. The zero-order valence-electron chi connectivity index (χ0n) is 20.7. The molecule has 1 saturated carbocycles. The fourth-order valence-corrected chi connectivity index (χ4v) is 5.15. The lowest BCUT2D eigenvalue weighted by molar-refractivity contribution is 0.0954. The first-order chi connectivity index (χ1) is 17.5. The quantitative estimate of drug-likeness (QED) is 0.336. The van der Waals surface area contributed by atoms with Gasteiger partial charge in [-0.25, -0.2) is 4.98 Å². The van der Waals surface area contributed by atoms with Gasteiger partial charge in [-0.2, -0.15) is 5.10 Å². The summed E-state index contributed by atoms with van der Waals surface area (Å²) in [5, 5.41) is 9.77. The Morgan fingerprint density at radius 2 is 1.97 bits per heavy atom. The summed E-state index contributed by atoms with van der Waals surface area (Å²) >= 11 is 0. The molecule has 182 valence electrons. The maximum atomic E-state index is 13.7. The number of carbonyl (C=O) groups excluding carboxylic acids is 1. The molecule has 1 amide bonds. The SMILES string of the molecule is COc1ccc(C(CNC(=O)c2cc(C3CC3)nc3c2c(C)nn3C)c2c[nH]c3ccccc23)cc1. The van der Waals surface area contributed by atoms with Crippen molar-refractivity contribution in [3.63, 3.8) is 0 Å². The predicted molar refractivity (Wildman–Crippen MR) is 141 cm³/mol. The Morgan fingerprint density at radius 1 is 1.19 bits per heavy atom. The minimum atomic E-state index is -0.0984. The molecule has 0 aliphatic heterocycles. The molecule has 7 heteroatoms. The lowest BCUT2D eigenvalue weighted by Gasteiger charge is -2.19. The lowest BCUT2D eigenvalue weighted by atomic mass is 9.90. The summed E-state index contributed by atoms with van der Waals surface area (Å²) in [4.78, 5) is 21.9. The summed E-state index contributed by atoms with van der Waals surface area (Å²) in [7, 11) is 3.55. The molecule has 36 heavy (non-hydrogen) atoms. The number of amides is 1. The summed E-state index contributed by atoms with van der Waals surface area (Å²) in [5.74, 6) is 1.11. The number of benzene rings is 2. The molecule has 1 aliphatic rings. The number of aryl methyl sites for hydroxylation is 2. The fourth-order valence-electron chi connectivity index (χ4n) is 5.15. The number of nitrogens with one attached hydrogen (secondary N) is 2. The van der Waals surface area contributed by atoms with Crippen LogP contribution in [0.4, 0.5) is 0 Å². The number of hydrogen-bond acceptors (Lipinski definition) is 4. The molecule has 1 unspecified atom stereocenters. The standard InChI is InChI=1S/C29H29N5O2/c1-17-27-22(14-26(19-8-9-19)32-28(27)34(2)33-17)29(35)31-15-23(18-10-12-20(36-3)13-11-18)24-16-30-25-7-5-4-6-21(24)25/h4-7,10-14,16,19,23,30H,8-9,15H2,1-3H3,(H,31,35). The normalized spacial score (nSPS) is 14.3. The van der Waals surface area contributed by atoms with E-state index in [9.17, 15) is 4.79 Å². The number of H-pyrrole nitrogens is 1. The van der Waals surface area contributed by atoms with Gasteiger partial charge in [-0.05, 0) is 55.2 Å². The number of para-hydroxylation sites is 1. The number of pyridine rings is 1. The topological polar surface area (TPSA) is 84.8 Å². The van der Waals surface area contributed by atoms with Crippen molar-refractivity contribution in [3.8, 4) is 5.75 Å². The number of aromatic nitrogens is 4. The second kappa shape index (κ2) is 8.82. The molecule has 3 aromatic heterocycles. The van der Waals surface area contributed by atoms with E-state index in [2.05, 4.69) is 39.7 Å². The van der Waals surface area contributed by atoms with Crippen LogP contribution in [-0.2, 0) is 7.05 Å². The van der Waals surface area contributed by atoms with Crippen molar-refractivity contribution in [3.05, 3.63) is 88.9 Å². The molecule has 5 aromatic rings. The van der Waals surface area contributed by atoms with E-state index in [-0.39, 0.29) is 11.8 Å². The first-order valence-electron chi connectivity index (χ1n) is 12.4. The zero-order chi connectivity index (χ0) is 24.8. The van der Waals surface area contributed by atoms with Gasteiger partial charge in [0.1, 0.15) is 5.75 Å². The van der Waals surface area contributed by atoms with Gasteiger partial charge in [0.25, 0.3) is 5.91 Å². The number of hydrogen-bond donors (Lipinski definition) is 2. The Kier molecular flexibility index (Phi) is 5.48. The van der Waals surface area contributed by atoms with Crippen LogP contribution in [0.25, 0.3) is 21.9 Å². The van der Waals surface area contributed by atoms with Gasteiger partial charge in [0.2, 0.25) is 0 Å². The van der Waals surface area contributed by atoms with Gasteiger partial charge in [-0.15, -0.1) is 0 Å². The molecule has 7 nitrogen and oxygen atoms in total. The Hall–Kier alpha value is -4.13. The summed E-state index contributed by atoms with van der Waals surface area (Å²) < 4.78 is 7.14. The van der Waals surface area contributed by atoms with Crippen LogP contribution in [0.5, 0.6) is 5.75 Å². The van der Waals surface area contributed by atoms with Gasteiger partial charge in [-0.1, -0.05) is 30.3 Å². The van der Waals surface area contributed by atoms with Gasteiger partial charge >= 0.3 is 0 Å². The average Bonchev–Trinajstić information content (AvgIpc) is 3.61. The molecule has 1 aliphatic carbocycles. The molecule has 2 aromatic carbocycles. The maximum Gasteiger partial charge on any atom is 0.252 e. The van der Waals surface area contributed by atoms with Gasteiger partial charge in [-0.3, -0.25) is 9.48 Å². The molecule has 6 rings (SSSR count). The van der Waals surface area contributed by atoms with Crippen LogP contribution in [0, 0.1) is 6.92 Å². The number of carbonyl (C=O) groups is 1. The molecule has 0 bridgehead atoms. The molecule has 1 fully saturated rings. The van der Waals surface area contributed by atoms with E-state index in [0.717, 1.165) is 63.0 Å². The Labute approximate surface area is 209 Å². The Bertz CT molecular complexity index is 1580. The van der Waals surface area contributed by atoms with Crippen molar-refractivity contribution in [2.75, 3.05) is 13.7 Å². The number of rotatable bonds is 7. The third-order valence-corrected chi connectivity index (χ3v) is 7.21. The third kappa shape index (κ3) is 3.90. The van der Waals surface area contributed by atoms with E-state index < -0.39 is 0 Å². The fraction of sp³-hybridized carbons (Fsp3) is 0.276. The molecule has 1 atom stereocenters. The third-order valence-electron chi connectivity index (χ3n) is 7.21. The number of fused-ring (bicyclic) bond motifs is 2. The van der Waals surface area contributed by atoms with Crippen LogP contribution < -0.4 is 10.1 Å². The molecule has 0 spiro atoms. The number of aromatic amines is 1. The van der Waals surface area contributed by atoms with Crippen LogP contribution in [-0.4, -0.2) is 39.3 Å². The zero-order valence-corrected chi connectivity index (χ0v) is 20.7. The molecule has 0 saturated heterocycles. The molecular weight excluding hydrogens is 450 g/mol. The van der Waals surface area contributed by atoms with Crippen LogP contribution in [0.1, 0.15) is 57.6 Å². The molecular formula is C29H29N5O2. The smallest absolute Gasteiger partial charge is 0.252 e. The number of methoxy groups -OCH3 is 1. The minimum absolute atomic E-state index is 0.0359. The van der Waals surface area contributed by atoms with Gasteiger partial charge in [0.05, 0.1) is 23.8 Å². The highest BCUT2D eigenvalue weighted by Crippen LogP contribution is 2.40. The molecule has 0 radical (unpaired) electrons. The van der Waals surface area contributed by atoms with Crippen molar-refractivity contribution in [2.45, 2.75) is 31.6 Å². The van der Waals surface area contributed by atoms with E-state index in [1.165, 1.54) is 0 Å². The monoisotopic (exact) mass is 479 g/mol. The van der Waals surface area contributed by atoms with E-state index >= 15 is 0 Å². The second-order valence-electron chi connectivity index (χ2n) is 9.60. The summed E-state index contributed by atoms with van der Waals surface area (Å²) in [6.45, 7) is 2.39. The lowest BCUT2D eigenvalue weighted by Crippen LogP contribution is -2.29. The Morgan fingerprint density at radius 3 is 2.72 bits per heavy atom. The van der Waals surface area contributed by atoms with E-state index in [0.29, 0.717) is 18.0 Å². The van der Waals surface area contributed by atoms with Crippen LogP contribution in [0.2, 0.25) is 0 Å². The van der Waals surface area contributed by atoms with E-state index in [1.54, 1.807) is 11.8 Å². The number of ether oxygens (including phenoxy) is 1. The summed E-state index contributed by atoms with van der Waals surface area (Å²) in [5.41, 5.74) is 6.55. The van der Waals surface area contributed by atoms with Gasteiger partial charge in [0.15, 0.2) is 5.65 Å². The van der Waals surface area contributed by atoms with Gasteiger partial charge in [0, 0.05) is 48.2 Å². The van der Waals surface area contributed by atoms with Crippen molar-refractivity contribution in [2.24, 2.45) is 7.05 Å². The van der Waals surface area contributed by atoms with Crippen molar-refractivity contribution >= 4 is 27.8 Å². The van der Waals surface area contributed by atoms with Crippen molar-refractivity contribution < 1.29 is 9.53 Å².